The second-order valence-corrected chi connectivity index (χ2v) is 12.0. The van der Waals surface area contributed by atoms with Crippen molar-refractivity contribution >= 4 is 56.1 Å². The first-order chi connectivity index (χ1) is 15.8. The van der Waals surface area contributed by atoms with Gasteiger partial charge in [-0.1, -0.05) is 18.2 Å². The lowest BCUT2D eigenvalue weighted by Crippen LogP contribution is -2.23. The lowest BCUT2D eigenvalue weighted by molar-refractivity contribution is -0.777. The highest BCUT2D eigenvalue weighted by atomic mass is 32.2. The minimum absolute atomic E-state index is 0.00373. The van der Waals surface area contributed by atoms with Gasteiger partial charge in [0.1, 0.15) is 37.7 Å². The Hall–Kier alpha value is -2.07. The van der Waals surface area contributed by atoms with E-state index < -0.39 is 55.4 Å². The molecule has 0 saturated heterocycles. The third-order valence-electron chi connectivity index (χ3n) is 4.21. The fourth-order valence-electron chi connectivity index (χ4n) is 2.86. The van der Waals surface area contributed by atoms with E-state index in [-0.39, 0.29) is 32.9 Å². The second-order valence-electron chi connectivity index (χ2n) is 6.31. The third kappa shape index (κ3) is 5.94. The quantitative estimate of drug-likeness (QED) is 0.129. The fraction of sp³-hybridized carbons (Fsp3) is 0. The van der Waals surface area contributed by atoms with Crippen LogP contribution < -0.4 is 21.2 Å². The maximum atomic E-state index is 14.5. The summed E-state index contributed by atoms with van der Waals surface area (Å²) in [6, 6.07) is 8.29. The van der Waals surface area contributed by atoms with E-state index in [9.17, 15) is 44.4 Å². The van der Waals surface area contributed by atoms with E-state index in [0.29, 0.717) is 24.3 Å². The summed E-state index contributed by atoms with van der Waals surface area (Å²) in [5.74, 6) is -3.74. The van der Waals surface area contributed by atoms with Gasteiger partial charge in [-0.3, -0.25) is 5.04 Å². The molecule has 16 heteroatoms. The first-order valence-corrected chi connectivity index (χ1v) is 13.5. The minimum atomic E-state index is -5.15. The van der Waals surface area contributed by atoms with Gasteiger partial charge in [-0.15, -0.1) is 0 Å². The Bertz CT molecular complexity index is 1370. The van der Waals surface area contributed by atoms with Crippen LogP contribution in [0, 0.1) is 17.5 Å². The van der Waals surface area contributed by atoms with Gasteiger partial charge in [0, 0.05) is 0 Å². The Labute approximate surface area is 196 Å². The van der Waals surface area contributed by atoms with Crippen LogP contribution in [0.25, 0.3) is 0 Å². The summed E-state index contributed by atoms with van der Waals surface area (Å²) in [5.41, 5.74) is 0. The summed E-state index contributed by atoms with van der Waals surface area (Å²) in [4.78, 5) is -2.47. The van der Waals surface area contributed by atoms with Crippen LogP contribution in [-0.4, -0.2) is 25.9 Å². The van der Waals surface area contributed by atoms with Crippen LogP contribution in [-0.2, 0) is 29.6 Å². The Kier molecular flexibility index (Phi) is 8.02. The summed E-state index contributed by atoms with van der Waals surface area (Å²) in [6.07, 6.45) is 0. The van der Waals surface area contributed by atoms with Crippen molar-refractivity contribution < 1.29 is 53.7 Å². The van der Waals surface area contributed by atoms with Crippen molar-refractivity contribution in [2.45, 2.75) is 14.7 Å². The van der Waals surface area contributed by atoms with E-state index in [1.165, 1.54) is 6.07 Å². The highest BCUT2D eigenvalue weighted by molar-refractivity contribution is 7.94. The fourth-order valence-corrected chi connectivity index (χ4v) is 6.58. The number of hydrogen-bond donors (Lipinski definition) is 0. The van der Waals surface area contributed by atoms with Crippen LogP contribution in [0.5, 0.6) is 0 Å². The van der Waals surface area contributed by atoms with Crippen LogP contribution in [0.15, 0.2) is 69.3 Å². The van der Waals surface area contributed by atoms with Crippen molar-refractivity contribution in [3.8, 4) is 0 Å². The molecule has 34 heavy (non-hydrogen) atoms. The molecule has 0 bridgehead atoms. The maximum absolute atomic E-state index is 14.5. The molecule has 0 aliphatic heterocycles. The van der Waals surface area contributed by atoms with Crippen molar-refractivity contribution in [3.63, 3.8) is 0 Å². The number of halogens is 3. The molecular formula is C18H9F3O9PS3-3. The Morgan fingerprint density at radius 2 is 1.12 bits per heavy atom. The highest BCUT2D eigenvalue weighted by Crippen LogP contribution is 2.36. The number of hydrogen-bond acceptors (Lipinski definition) is 10. The molecule has 3 aromatic rings. The number of benzene rings is 3. The van der Waals surface area contributed by atoms with Gasteiger partial charge in [0.2, 0.25) is 0 Å². The average molecular weight is 553 g/mol. The van der Waals surface area contributed by atoms with Gasteiger partial charge in [-0.05, 0) is 60.2 Å². The van der Waals surface area contributed by atoms with E-state index in [1.54, 1.807) is 0 Å². The van der Waals surface area contributed by atoms with Crippen LogP contribution >= 0.6 is 20.0 Å². The third-order valence-corrected chi connectivity index (χ3v) is 8.97. The molecule has 0 fully saturated rings. The summed E-state index contributed by atoms with van der Waals surface area (Å²) in [6.45, 7) is 0. The molecule has 0 aliphatic rings. The Morgan fingerprint density at radius 3 is 1.47 bits per heavy atom. The van der Waals surface area contributed by atoms with Gasteiger partial charge in [0.15, 0.2) is 0 Å². The van der Waals surface area contributed by atoms with Gasteiger partial charge in [0.25, 0.3) is 0 Å². The smallest absolute Gasteiger partial charge is 0.141 e. The molecule has 3 rings (SSSR count). The van der Waals surface area contributed by atoms with Crippen molar-refractivity contribution in [2.24, 2.45) is 0 Å². The standard InChI is InChI=1S/C18H12F3O9PS3/c19-13-7-10(1-4-16(13)32-30-29-22)31(11-2-5-17(14(20)8-11)33(23,24)25)12-3-6-18(15(21)9-12)34(26,27)28/h1-9,22H,(H,23,24,25)(H,26,27,28)/p-3. The summed E-state index contributed by atoms with van der Waals surface area (Å²) in [5, 5.41) is 13.2. The van der Waals surface area contributed by atoms with E-state index in [4.69, 9.17) is 0 Å². The Balaban J connectivity index is 2.20. The molecule has 0 heterocycles. The largest absolute Gasteiger partial charge is 0.744 e. The van der Waals surface area contributed by atoms with Gasteiger partial charge < -0.3 is 14.4 Å². The van der Waals surface area contributed by atoms with Gasteiger partial charge in [-0.25, -0.2) is 30.0 Å². The predicted molar refractivity (Wildman–Crippen MR) is 109 cm³/mol. The van der Waals surface area contributed by atoms with Crippen LogP contribution in [0.4, 0.5) is 13.2 Å². The zero-order valence-corrected chi connectivity index (χ0v) is 19.5. The lowest BCUT2D eigenvalue weighted by Gasteiger charge is -2.21. The van der Waals surface area contributed by atoms with Crippen LogP contribution in [0.1, 0.15) is 0 Å². The molecule has 0 spiro atoms. The predicted octanol–water partition coefficient (Wildman–Crippen LogP) is 0.901. The number of rotatable bonds is 8. The first-order valence-electron chi connectivity index (χ1n) is 8.56. The van der Waals surface area contributed by atoms with Crippen molar-refractivity contribution in [3.05, 3.63) is 72.0 Å². The normalized spacial score (nSPS) is 12.3. The van der Waals surface area contributed by atoms with E-state index in [2.05, 4.69) is 9.37 Å². The zero-order chi connectivity index (χ0) is 25.3. The topological polar surface area (TPSA) is 156 Å². The SMILES string of the molecule is O=S(=O)([O-])c1ccc(P(c2ccc(SOO[O-])c(F)c2)c2ccc(S(=O)(=O)[O-])c(F)c2)cc1F. The molecular weight excluding hydrogens is 544 g/mol. The molecule has 0 atom stereocenters. The second kappa shape index (κ2) is 10.3. The molecule has 3 aromatic carbocycles. The molecule has 0 amide bonds. The molecule has 0 aromatic heterocycles. The van der Waals surface area contributed by atoms with Crippen molar-refractivity contribution in [1.29, 1.82) is 0 Å². The van der Waals surface area contributed by atoms with Crippen LogP contribution in [0.2, 0.25) is 0 Å². The zero-order valence-electron chi connectivity index (χ0n) is 16.2. The van der Waals surface area contributed by atoms with Gasteiger partial charge >= 0.3 is 0 Å². The highest BCUT2D eigenvalue weighted by Gasteiger charge is 2.23. The summed E-state index contributed by atoms with van der Waals surface area (Å²) >= 11 is 0.248. The van der Waals surface area contributed by atoms with Crippen LogP contribution in [0.3, 0.4) is 0 Å². The van der Waals surface area contributed by atoms with E-state index >= 15 is 0 Å². The maximum Gasteiger partial charge on any atom is 0.141 e. The van der Waals surface area contributed by atoms with Crippen molar-refractivity contribution in [2.75, 3.05) is 0 Å². The molecule has 0 unspecified atom stereocenters. The van der Waals surface area contributed by atoms with Crippen molar-refractivity contribution in [1.82, 2.24) is 0 Å². The molecule has 0 saturated carbocycles. The molecule has 182 valence electrons. The van der Waals surface area contributed by atoms with Gasteiger partial charge in [-0.2, -0.15) is 4.33 Å². The van der Waals surface area contributed by atoms with E-state index in [1.807, 2.05) is 0 Å². The monoisotopic (exact) mass is 553 g/mol. The Morgan fingerprint density at radius 1 is 0.706 bits per heavy atom. The lowest BCUT2D eigenvalue weighted by atomic mass is 10.3. The minimum Gasteiger partial charge on any atom is -0.744 e. The molecule has 0 radical (unpaired) electrons. The van der Waals surface area contributed by atoms with Gasteiger partial charge in [0.05, 0.1) is 26.7 Å². The first kappa shape index (κ1) is 26.5. The average Bonchev–Trinajstić information content (AvgIpc) is 2.71. The summed E-state index contributed by atoms with van der Waals surface area (Å²) < 4.78 is 115. The molecule has 0 N–H and O–H groups in total. The van der Waals surface area contributed by atoms with E-state index in [0.717, 1.165) is 24.3 Å². The molecule has 9 nitrogen and oxygen atoms in total. The summed E-state index contributed by atoms with van der Waals surface area (Å²) in [7, 11) is -12.4. The molecule has 0 aliphatic carbocycles.